The standard InChI is InChI=1S/C30H36N2O3/c1-7-31(8-2)25-17-27-23(15-19(25)5)29(21-13-11-12-14-22(21)30(33)34)24-16-20(6)26(18-28(24)35-27)32(9-3)10-4/h11-18,25H,7-10H2,1-6H3,(H,33,34)/p+1. The van der Waals surface area contributed by atoms with Crippen molar-refractivity contribution >= 4 is 17.2 Å². The van der Waals surface area contributed by atoms with Crippen LogP contribution in [0.5, 0.6) is 5.75 Å². The Morgan fingerprint density at radius 2 is 1.71 bits per heavy atom. The van der Waals surface area contributed by atoms with Gasteiger partial charge in [-0.1, -0.05) is 18.2 Å². The highest BCUT2D eigenvalue weighted by Crippen LogP contribution is 2.46. The first kappa shape index (κ1) is 24.8. The predicted molar refractivity (Wildman–Crippen MR) is 142 cm³/mol. The Balaban J connectivity index is 2.02. The van der Waals surface area contributed by atoms with Crippen LogP contribution in [0.1, 0.15) is 61.7 Å². The summed E-state index contributed by atoms with van der Waals surface area (Å²) in [6.45, 7) is 16.9. The van der Waals surface area contributed by atoms with E-state index in [0.29, 0.717) is 5.56 Å². The van der Waals surface area contributed by atoms with E-state index in [1.165, 1.54) is 10.5 Å². The lowest BCUT2D eigenvalue weighted by Crippen LogP contribution is -3.15. The lowest BCUT2D eigenvalue weighted by Gasteiger charge is -2.34. The lowest BCUT2D eigenvalue weighted by atomic mass is 9.83. The first-order chi connectivity index (χ1) is 16.8. The SMILES string of the molecule is CCN(CC)c1cc2c(cc1C)C(c1ccccc1C(=O)O)=C1C=C(C)C([NH+](CC)CC)C=C1O2. The van der Waals surface area contributed by atoms with Crippen LogP contribution in [-0.4, -0.2) is 43.3 Å². The molecule has 1 heterocycles. The third kappa shape index (κ3) is 4.41. The molecule has 2 aromatic rings. The minimum Gasteiger partial charge on any atom is -0.478 e. The van der Waals surface area contributed by atoms with E-state index in [4.69, 9.17) is 4.74 Å². The summed E-state index contributed by atoms with van der Waals surface area (Å²) >= 11 is 0. The van der Waals surface area contributed by atoms with Crippen molar-refractivity contribution in [2.45, 2.75) is 47.6 Å². The second-order valence-corrected chi connectivity index (χ2v) is 9.31. The fraction of sp³-hybridized carbons (Fsp3) is 0.367. The fourth-order valence-corrected chi connectivity index (χ4v) is 5.48. The van der Waals surface area contributed by atoms with E-state index in [-0.39, 0.29) is 6.04 Å². The Bertz CT molecular complexity index is 1230. The monoisotopic (exact) mass is 473 g/mol. The van der Waals surface area contributed by atoms with E-state index in [9.17, 15) is 9.90 Å². The van der Waals surface area contributed by atoms with Gasteiger partial charge < -0.3 is 19.6 Å². The second-order valence-electron chi connectivity index (χ2n) is 9.31. The van der Waals surface area contributed by atoms with Gasteiger partial charge in [0.2, 0.25) is 0 Å². The van der Waals surface area contributed by atoms with Gasteiger partial charge in [-0.15, -0.1) is 0 Å². The number of anilines is 1. The molecule has 184 valence electrons. The van der Waals surface area contributed by atoms with E-state index in [1.807, 2.05) is 12.1 Å². The molecule has 0 spiro atoms. The number of benzene rings is 2. The number of fused-ring (bicyclic) bond motifs is 2. The highest BCUT2D eigenvalue weighted by atomic mass is 16.5. The lowest BCUT2D eigenvalue weighted by molar-refractivity contribution is -0.909. The number of allylic oxidation sites excluding steroid dienone is 1. The van der Waals surface area contributed by atoms with Crippen LogP contribution in [0.15, 0.2) is 65.5 Å². The number of nitrogens with one attached hydrogen (secondary N) is 1. The molecule has 5 heteroatoms. The van der Waals surface area contributed by atoms with Gasteiger partial charge in [-0.2, -0.15) is 0 Å². The van der Waals surface area contributed by atoms with E-state index in [2.05, 4.69) is 70.7 Å². The highest BCUT2D eigenvalue weighted by molar-refractivity contribution is 6.00. The van der Waals surface area contributed by atoms with Gasteiger partial charge in [-0.05, 0) is 76.5 Å². The number of aryl methyl sites for hydroxylation is 1. The first-order valence-electron chi connectivity index (χ1n) is 12.7. The molecule has 1 atom stereocenters. The minimum atomic E-state index is -0.925. The fourth-order valence-electron chi connectivity index (χ4n) is 5.48. The number of carbonyl (C=O) groups is 1. The Kier molecular flexibility index (Phi) is 7.18. The zero-order valence-electron chi connectivity index (χ0n) is 21.7. The largest absolute Gasteiger partial charge is 0.478 e. The van der Waals surface area contributed by atoms with Crippen LogP contribution < -0.4 is 14.5 Å². The van der Waals surface area contributed by atoms with Gasteiger partial charge in [-0.3, -0.25) is 0 Å². The number of likely N-dealkylation sites (N-methyl/N-ethyl adjacent to an activating group) is 1. The molecule has 2 N–H and O–H groups in total. The normalized spacial score (nSPS) is 16.8. The number of aromatic carboxylic acids is 1. The van der Waals surface area contributed by atoms with Gasteiger partial charge in [0.1, 0.15) is 17.6 Å². The van der Waals surface area contributed by atoms with Crippen LogP contribution >= 0.6 is 0 Å². The second kappa shape index (κ2) is 10.1. The van der Waals surface area contributed by atoms with Gasteiger partial charge >= 0.3 is 5.97 Å². The number of hydrogen-bond acceptors (Lipinski definition) is 3. The van der Waals surface area contributed by atoms with Gasteiger partial charge in [0.15, 0.2) is 0 Å². The summed E-state index contributed by atoms with van der Waals surface area (Å²) in [5.41, 5.74) is 7.41. The molecule has 5 nitrogen and oxygen atoms in total. The Morgan fingerprint density at radius 3 is 2.34 bits per heavy atom. The molecule has 1 aliphatic heterocycles. The average molecular weight is 474 g/mol. The number of quaternary nitrogens is 1. The highest BCUT2D eigenvalue weighted by Gasteiger charge is 2.33. The van der Waals surface area contributed by atoms with Crippen LogP contribution in [0.4, 0.5) is 5.69 Å². The number of carboxylic acids is 1. The molecule has 35 heavy (non-hydrogen) atoms. The van der Waals surface area contributed by atoms with Crippen LogP contribution in [0.25, 0.3) is 5.57 Å². The molecule has 0 saturated carbocycles. The van der Waals surface area contributed by atoms with Crippen molar-refractivity contribution in [1.29, 1.82) is 0 Å². The molecule has 0 fully saturated rings. The summed E-state index contributed by atoms with van der Waals surface area (Å²) in [4.78, 5) is 16.0. The van der Waals surface area contributed by atoms with E-state index >= 15 is 0 Å². The zero-order chi connectivity index (χ0) is 25.3. The van der Waals surface area contributed by atoms with Crippen molar-refractivity contribution in [1.82, 2.24) is 0 Å². The Labute approximate surface area is 209 Å². The Hall–Kier alpha value is -3.31. The summed E-state index contributed by atoms with van der Waals surface area (Å²) in [6.07, 6.45) is 4.44. The molecule has 0 radical (unpaired) electrons. The van der Waals surface area contributed by atoms with E-state index < -0.39 is 5.97 Å². The molecule has 0 amide bonds. The van der Waals surface area contributed by atoms with Crippen LogP contribution in [0.2, 0.25) is 0 Å². The van der Waals surface area contributed by atoms with Crippen LogP contribution in [-0.2, 0) is 0 Å². The molecule has 4 rings (SSSR count). The van der Waals surface area contributed by atoms with Crippen molar-refractivity contribution < 1.29 is 19.5 Å². The number of hydrogen-bond donors (Lipinski definition) is 2. The minimum absolute atomic E-state index is 0.231. The van der Waals surface area contributed by atoms with Crippen molar-refractivity contribution in [3.05, 3.63) is 87.7 Å². The average Bonchev–Trinajstić information content (AvgIpc) is 2.85. The summed E-state index contributed by atoms with van der Waals surface area (Å²) in [5.74, 6) is 0.673. The van der Waals surface area contributed by atoms with Crippen molar-refractivity contribution in [2.24, 2.45) is 0 Å². The number of nitrogens with zero attached hydrogens (tertiary/aromatic N) is 1. The molecular formula is C30H37N2O3+. The predicted octanol–water partition coefficient (Wildman–Crippen LogP) is 4.87. The van der Waals surface area contributed by atoms with Crippen molar-refractivity contribution in [3.8, 4) is 5.75 Å². The van der Waals surface area contributed by atoms with Crippen molar-refractivity contribution in [3.63, 3.8) is 0 Å². The van der Waals surface area contributed by atoms with Crippen molar-refractivity contribution in [2.75, 3.05) is 31.1 Å². The smallest absolute Gasteiger partial charge is 0.336 e. The molecule has 1 aliphatic carbocycles. The summed E-state index contributed by atoms with van der Waals surface area (Å²) < 4.78 is 6.61. The number of rotatable bonds is 8. The van der Waals surface area contributed by atoms with Gasteiger partial charge in [-0.25, -0.2) is 4.79 Å². The summed E-state index contributed by atoms with van der Waals surface area (Å²) in [7, 11) is 0. The summed E-state index contributed by atoms with van der Waals surface area (Å²) in [5, 5.41) is 10.0. The number of carboxylic acid groups (broad SMARTS) is 1. The van der Waals surface area contributed by atoms with E-state index in [0.717, 1.165) is 71.2 Å². The third-order valence-corrected chi connectivity index (χ3v) is 7.38. The zero-order valence-corrected chi connectivity index (χ0v) is 21.7. The maximum Gasteiger partial charge on any atom is 0.336 e. The molecule has 0 aromatic heterocycles. The molecule has 2 aliphatic rings. The van der Waals surface area contributed by atoms with Crippen LogP contribution in [0, 0.1) is 6.92 Å². The van der Waals surface area contributed by atoms with E-state index in [1.54, 1.807) is 12.1 Å². The Morgan fingerprint density at radius 1 is 1.03 bits per heavy atom. The molecule has 0 saturated heterocycles. The summed E-state index contributed by atoms with van der Waals surface area (Å²) in [6, 6.07) is 11.8. The molecular weight excluding hydrogens is 436 g/mol. The molecule has 2 aromatic carbocycles. The first-order valence-corrected chi connectivity index (χ1v) is 12.7. The third-order valence-electron chi connectivity index (χ3n) is 7.38. The van der Waals surface area contributed by atoms with Gasteiger partial charge in [0.05, 0.1) is 18.7 Å². The topological polar surface area (TPSA) is 54.2 Å². The quantitative estimate of drug-likeness (QED) is 0.574. The van der Waals surface area contributed by atoms with Gasteiger partial charge in [0.25, 0.3) is 0 Å². The molecule has 0 bridgehead atoms. The number of ether oxygens (including phenoxy) is 1. The maximum atomic E-state index is 12.2. The van der Waals surface area contributed by atoms with Gasteiger partial charge in [0, 0.05) is 47.6 Å². The molecule has 1 unspecified atom stereocenters. The van der Waals surface area contributed by atoms with Crippen LogP contribution in [0.3, 0.4) is 0 Å². The maximum absolute atomic E-state index is 12.2.